The summed E-state index contributed by atoms with van der Waals surface area (Å²) in [7, 11) is 0. The van der Waals surface area contributed by atoms with Crippen molar-refractivity contribution in [2.75, 3.05) is 19.7 Å². The predicted molar refractivity (Wildman–Crippen MR) is 84.3 cm³/mol. The maximum Gasteiger partial charge on any atom is 0.0705 e. The number of aromatic amines is 1. The number of aryl methyl sites for hydroxylation is 2. The Balaban J connectivity index is 1.53. The third-order valence-corrected chi connectivity index (χ3v) is 5.21. The minimum Gasteiger partial charge on any atom is -0.376 e. The summed E-state index contributed by atoms with van der Waals surface area (Å²) in [5.41, 5.74) is 3.72. The molecule has 2 aliphatic rings. The Morgan fingerprint density at radius 2 is 2.05 bits per heavy atom. The van der Waals surface area contributed by atoms with Crippen molar-refractivity contribution >= 4 is 0 Å². The van der Waals surface area contributed by atoms with Gasteiger partial charge in [0.25, 0.3) is 0 Å². The first-order valence-corrected chi connectivity index (χ1v) is 8.57. The summed E-state index contributed by atoms with van der Waals surface area (Å²) >= 11 is 0. The zero-order chi connectivity index (χ0) is 14.7. The molecule has 1 atom stereocenters. The summed E-state index contributed by atoms with van der Waals surface area (Å²) in [5.74, 6) is 0.904. The fourth-order valence-electron chi connectivity index (χ4n) is 3.89. The summed E-state index contributed by atoms with van der Waals surface area (Å²) in [4.78, 5) is 2.54. The fourth-order valence-corrected chi connectivity index (χ4v) is 3.89. The first kappa shape index (κ1) is 15.0. The average molecular weight is 291 g/mol. The van der Waals surface area contributed by atoms with E-state index in [0.717, 1.165) is 37.9 Å². The predicted octanol–water partition coefficient (Wildman–Crippen LogP) is 3.20. The molecule has 4 heteroatoms. The van der Waals surface area contributed by atoms with E-state index < -0.39 is 0 Å². The van der Waals surface area contributed by atoms with Crippen LogP contribution in [0, 0.1) is 19.8 Å². The number of hydrogen-bond donors (Lipinski definition) is 1. The van der Waals surface area contributed by atoms with E-state index >= 15 is 0 Å². The molecule has 2 fully saturated rings. The van der Waals surface area contributed by atoms with Gasteiger partial charge in [0.1, 0.15) is 0 Å². The zero-order valence-corrected chi connectivity index (χ0v) is 13.5. The van der Waals surface area contributed by atoms with Crippen LogP contribution in [0.4, 0.5) is 0 Å². The van der Waals surface area contributed by atoms with Crippen LogP contribution in [-0.4, -0.2) is 40.9 Å². The molecule has 21 heavy (non-hydrogen) atoms. The topological polar surface area (TPSA) is 41.2 Å². The van der Waals surface area contributed by atoms with Crippen molar-refractivity contribution in [2.45, 2.75) is 65.0 Å². The van der Waals surface area contributed by atoms with E-state index in [9.17, 15) is 0 Å². The van der Waals surface area contributed by atoms with Crippen LogP contribution in [0.3, 0.4) is 0 Å². The van der Waals surface area contributed by atoms with Gasteiger partial charge in [-0.2, -0.15) is 5.10 Å². The van der Waals surface area contributed by atoms with E-state index in [0.29, 0.717) is 6.10 Å². The largest absolute Gasteiger partial charge is 0.376 e. The number of ether oxygens (including phenoxy) is 1. The maximum absolute atomic E-state index is 6.03. The molecule has 118 valence electrons. The lowest BCUT2D eigenvalue weighted by atomic mass is 9.85. The van der Waals surface area contributed by atoms with Gasteiger partial charge >= 0.3 is 0 Å². The number of nitrogens with one attached hydrogen (secondary N) is 1. The SMILES string of the molecule is Cc1n[nH]c(C)c1CN1CCOC(CC2CCCCC2)C1. The molecule has 4 nitrogen and oxygen atoms in total. The van der Waals surface area contributed by atoms with Gasteiger partial charge in [0.05, 0.1) is 18.4 Å². The lowest BCUT2D eigenvalue weighted by Gasteiger charge is -2.35. The third-order valence-electron chi connectivity index (χ3n) is 5.21. The van der Waals surface area contributed by atoms with Crippen molar-refractivity contribution < 1.29 is 4.74 Å². The quantitative estimate of drug-likeness (QED) is 0.926. The maximum atomic E-state index is 6.03. The van der Waals surface area contributed by atoms with Crippen LogP contribution in [0.5, 0.6) is 0 Å². The van der Waals surface area contributed by atoms with Gasteiger partial charge in [-0.15, -0.1) is 0 Å². The van der Waals surface area contributed by atoms with E-state index in [-0.39, 0.29) is 0 Å². The summed E-state index contributed by atoms with van der Waals surface area (Å²) in [6.07, 6.45) is 8.82. The monoisotopic (exact) mass is 291 g/mol. The Hall–Kier alpha value is -0.870. The molecule has 0 amide bonds. The van der Waals surface area contributed by atoms with Crippen LogP contribution in [0.15, 0.2) is 0 Å². The van der Waals surface area contributed by atoms with Crippen LogP contribution < -0.4 is 0 Å². The Morgan fingerprint density at radius 1 is 1.24 bits per heavy atom. The molecule has 1 saturated carbocycles. The molecule has 1 N–H and O–H groups in total. The highest BCUT2D eigenvalue weighted by Crippen LogP contribution is 2.29. The summed E-state index contributed by atoms with van der Waals surface area (Å²) in [6.45, 7) is 8.24. The smallest absolute Gasteiger partial charge is 0.0705 e. The molecule has 0 radical (unpaired) electrons. The molecule has 0 bridgehead atoms. The molecule has 1 aliphatic carbocycles. The first-order chi connectivity index (χ1) is 10.2. The molecule has 1 aromatic rings. The average Bonchev–Trinajstić information content (AvgIpc) is 2.81. The number of hydrogen-bond acceptors (Lipinski definition) is 3. The molecular formula is C17H29N3O. The number of nitrogens with zero attached hydrogens (tertiary/aromatic N) is 2. The molecule has 3 rings (SSSR count). The molecule has 1 saturated heterocycles. The second kappa shape index (κ2) is 6.93. The lowest BCUT2D eigenvalue weighted by Crippen LogP contribution is -2.42. The van der Waals surface area contributed by atoms with Crippen LogP contribution in [0.25, 0.3) is 0 Å². The number of rotatable bonds is 4. The van der Waals surface area contributed by atoms with Gasteiger partial charge < -0.3 is 4.74 Å². The van der Waals surface area contributed by atoms with Gasteiger partial charge in [-0.05, 0) is 26.2 Å². The number of aromatic nitrogens is 2. The van der Waals surface area contributed by atoms with Crippen molar-refractivity contribution in [3.05, 3.63) is 17.0 Å². The van der Waals surface area contributed by atoms with Crippen LogP contribution in [0.2, 0.25) is 0 Å². The first-order valence-electron chi connectivity index (χ1n) is 8.57. The Morgan fingerprint density at radius 3 is 2.76 bits per heavy atom. The van der Waals surface area contributed by atoms with Gasteiger partial charge in [0.2, 0.25) is 0 Å². The van der Waals surface area contributed by atoms with Crippen LogP contribution in [0.1, 0.15) is 55.5 Å². The van der Waals surface area contributed by atoms with Gasteiger partial charge in [-0.3, -0.25) is 10.00 Å². The molecule has 1 aromatic heterocycles. The van der Waals surface area contributed by atoms with Crippen molar-refractivity contribution in [2.24, 2.45) is 5.92 Å². The molecule has 0 spiro atoms. The van der Waals surface area contributed by atoms with E-state index in [1.54, 1.807) is 0 Å². The van der Waals surface area contributed by atoms with Gasteiger partial charge in [-0.1, -0.05) is 32.1 Å². The molecule has 0 aromatic carbocycles. The second-order valence-corrected chi connectivity index (χ2v) is 6.88. The van der Waals surface area contributed by atoms with Crippen molar-refractivity contribution in [1.82, 2.24) is 15.1 Å². The zero-order valence-electron chi connectivity index (χ0n) is 13.5. The molecule has 2 heterocycles. The van der Waals surface area contributed by atoms with Crippen molar-refractivity contribution in [1.29, 1.82) is 0 Å². The highest BCUT2D eigenvalue weighted by atomic mass is 16.5. The number of morpholine rings is 1. The minimum atomic E-state index is 0.439. The van der Waals surface area contributed by atoms with E-state index in [1.165, 1.54) is 49.8 Å². The third kappa shape index (κ3) is 3.86. The molecule has 1 aliphatic heterocycles. The van der Waals surface area contributed by atoms with Crippen molar-refractivity contribution in [3.63, 3.8) is 0 Å². The van der Waals surface area contributed by atoms with Gasteiger partial charge in [0, 0.05) is 30.9 Å². The fraction of sp³-hybridized carbons (Fsp3) is 0.824. The minimum absolute atomic E-state index is 0.439. The Kier molecular flexibility index (Phi) is 4.96. The Bertz CT molecular complexity index is 431. The summed E-state index contributed by atoms with van der Waals surface area (Å²) < 4.78 is 6.03. The van der Waals surface area contributed by atoms with Crippen molar-refractivity contribution in [3.8, 4) is 0 Å². The van der Waals surface area contributed by atoms with Gasteiger partial charge in [0.15, 0.2) is 0 Å². The van der Waals surface area contributed by atoms with E-state index in [1.807, 2.05) is 0 Å². The Labute approximate surface area is 128 Å². The lowest BCUT2D eigenvalue weighted by molar-refractivity contribution is -0.0440. The molecule has 1 unspecified atom stereocenters. The van der Waals surface area contributed by atoms with E-state index in [4.69, 9.17) is 4.74 Å². The van der Waals surface area contributed by atoms with Crippen LogP contribution in [-0.2, 0) is 11.3 Å². The standard InChI is InChI=1S/C17H29N3O/c1-13-17(14(2)19-18-13)12-20-8-9-21-16(11-20)10-15-6-4-3-5-7-15/h15-16H,3-12H2,1-2H3,(H,18,19). The summed E-state index contributed by atoms with van der Waals surface area (Å²) in [5, 5.41) is 7.41. The second-order valence-electron chi connectivity index (χ2n) is 6.88. The summed E-state index contributed by atoms with van der Waals surface area (Å²) in [6, 6.07) is 0. The highest BCUT2D eigenvalue weighted by molar-refractivity contribution is 5.22. The van der Waals surface area contributed by atoms with E-state index in [2.05, 4.69) is 28.9 Å². The van der Waals surface area contributed by atoms with Gasteiger partial charge in [-0.25, -0.2) is 0 Å². The number of H-pyrrole nitrogens is 1. The highest BCUT2D eigenvalue weighted by Gasteiger charge is 2.25. The normalized spacial score (nSPS) is 25.3. The van der Waals surface area contributed by atoms with Crippen LogP contribution >= 0.6 is 0 Å². The molecular weight excluding hydrogens is 262 g/mol.